The van der Waals surface area contributed by atoms with Crippen LogP contribution < -0.4 is 0 Å². The molecule has 0 aromatic rings. The summed E-state index contributed by atoms with van der Waals surface area (Å²) in [6.45, 7) is 5.50. The van der Waals surface area contributed by atoms with Crippen molar-refractivity contribution in [2.45, 2.75) is 32.6 Å². The van der Waals surface area contributed by atoms with Crippen molar-refractivity contribution >= 4 is 11.9 Å². The number of urea groups is 1. The number of hydrogen-bond donors (Lipinski definition) is 0. The van der Waals surface area contributed by atoms with E-state index in [1.54, 1.807) is 19.0 Å². The standard InChI is InChI=1S/C15H27N3O2/c1-12-4-8-17(9-5-12)14(19)13-6-10-18(11-7-13)15(20)16(2)3/h12-13H,4-11H2,1-3H3. The molecule has 0 aromatic carbocycles. The Labute approximate surface area is 121 Å². The molecule has 0 saturated carbocycles. The average Bonchev–Trinajstić information content (AvgIpc) is 2.46. The van der Waals surface area contributed by atoms with E-state index >= 15 is 0 Å². The fourth-order valence-corrected chi connectivity index (χ4v) is 3.09. The molecule has 114 valence electrons. The van der Waals surface area contributed by atoms with Gasteiger partial charge in [0.25, 0.3) is 0 Å². The van der Waals surface area contributed by atoms with Gasteiger partial charge < -0.3 is 14.7 Å². The lowest BCUT2D eigenvalue weighted by atomic mass is 9.93. The predicted molar refractivity (Wildman–Crippen MR) is 78.4 cm³/mol. The van der Waals surface area contributed by atoms with Crippen LogP contribution in [0.3, 0.4) is 0 Å². The van der Waals surface area contributed by atoms with Crippen LogP contribution in [0.2, 0.25) is 0 Å². The van der Waals surface area contributed by atoms with Crippen molar-refractivity contribution in [3.63, 3.8) is 0 Å². The fourth-order valence-electron chi connectivity index (χ4n) is 3.09. The molecule has 0 aromatic heterocycles. The van der Waals surface area contributed by atoms with Crippen molar-refractivity contribution in [1.82, 2.24) is 14.7 Å². The van der Waals surface area contributed by atoms with Gasteiger partial charge in [-0.2, -0.15) is 0 Å². The highest BCUT2D eigenvalue weighted by molar-refractivity contribution is 5.80. The number of likely N-dealkylation sites (tertiary alicyclic amines) is 2. The van der Waals surface area contributed by atoms with Gasteiger partial charge in [-0.1, -0.05) is 6.92 Å². The van der Waals surface area contributed by atoms with Gasteiger partial charge in [-0.3, -0.25) is 4.79 Å². The number of carbonyl (C=O) groups is 2. The second kappa shape index (κ2) is 6.46. The van der Waals surface area contributed by atoms with E-state index in [4.69, 9.17) is 0 Å². The Morgan fingerprint density at radius 3 is 1.90 bits per heavy atom. The summed E-state index contributed by atoms with van der Waals surface area (Å²) in [7, 11) is 3.54. The third-order valence-corrected chi connectivity index (χ3v) is 4.59. The average molecular weight is 281 g/mol. The Bertz CT molecular complexity index is 354. The zero-order valence-electron chi connectivity index (χ0n) is 13.0. The minimum absolute atomic E-state index is 0.0581. The first kappa shape index (κ1) is 15.1. The minimum atomic E-state index is 0.0581. The molecule has 2 aliphatic rings. The molecule has 0 spiro atoms. The Kier molecular flexibility index (Phi) is 4.89. The van der Waals surface area contributed by atoms with Gasteiger partial charge in [-0.05, 0) is 31.6 Å². The molecule has 20 heavy (non-hydrogen) atoms. The molecular formula is C15H27N3O2. The van der Waals surface area contributed by atoms with E-state index in [1.807, 2.05) is 9.80 Å². The summed E-state index contributed by atoms with van der Waals surface area (Å²) >= 11 is 0. The van der Waals surface area contributed by atoms with Gasteiger partial charge in [0.05, 0.1) is 0 Å². The molecule has 5 nitrogen and oxygen atoms in total. The number of hydrogen-bond acceptors (Lipinski definition) is 2. The molecule has 3 amide bonds. The smallest absolute Gasteiger partial charge is 0.319 e. The van der Waals surface area contributed by atoms with Gasteiger partial charge in [0.1, 0.15) is 0 Å². The van der Waals surface area contributed by atoms with Gasteiger partial charge in [0, 0.05) is 46.2 Å². The van der Waals surface area contributed by atoms with Crippen molar-refractivity contribution in [2.24, 2.45) is 11.8 Å². The van der Waals surface area contributed by atoms with Crippen LogP contribution in [0.4, 0.5) is 4.79 Å². The van der Waals surface area contributed by atoms with Gasteiger partial charge in [-0.25, -0.2) is 4.79 Å². The van der Waals surface area contributed by atoms with Crippen molar-refractivity contribution < 1.29 is 9.59 Å². The number of piperidine rings is 2. The Hall–Kier alpha value is -1.26. The molecule has 5 heteroatoms. The lowest BCUT2D eigenvalue weighted by molar-refractivity contribution is -0.138. The Morgan fingerprint density at radius 2 is 1.40 bits per heavy atom. The number of nitrogens with zero attached hydrogens (tertiary/aromatic N) is 3. The Morgan fingerprint density at radius 1 is 0.900 bits per heavy atom. The minimum Gasteiger partial charge on any atom is -0.342 e. The molecule has 2 heterocycles. The van der Waals surface area contributed by atoms with Gasteiger partial charge in [0.15, 0.2) is 0 Å². The first-order valence-electron chi connectivity index (χ1n) is 7.74. The fraction of sp³-hybridized carbons (Fsp3) is 0.867. The zero-order valence-corrected chi connectivity index (χ0v) is 13.0. The monoisotopic (exact) mass is 281 g/mol. The summed E-state index contributed by atoms with van der Waals surface area (Å²) in [6, 6.07) is 0.0581. The highest BCUT2D eigenvalue weighted by atomic mass is 16.2. The number of carbonyl (C=O) groups excluding carboxylic acids is 2. The van der Waals surface area contributed by atoms with Crippen LogP contribution >= 0.6 is 0 Å². The quantitative estimate of drug-likeness (QED) is 0.733. The van der Waals surface area contributed by atoms with Crippen LogP contribution in [0.1, 0.15) is 32.6 Å². The van der Waals surface area contributed by atoms with Crippen LogP contribution in [-0.2, 0) is 4.79 Å². The highest BCUT2D eigenvalue weighted by Crippen LogP contribution is 2.23. The molecule has 2 rings (SSSR count). The molecule has 2 fully saturated rings. The number of rotatable bonds is 1. The molecule has 0 atom stereocenters. The summed E-state index contributed by atoms with van der Waals surface area (Å²) in [5, 5.41) is 0. The predicted octanol–water partition coefficient (Wildman–Crippen LogP) is 1.64. The molecular weight excluding hydrogens is 254 g/mol. The summed E-state index contributed by atoms with van der Waals surface area (Å²) in [6.07, 6.45) is 3.88. The summed E-state index contributed by atoms with van der Waals surface area (Å²) in [5.41, 5.74) is 0. The van der Waals surface area contributed by atoms with Gasteiger partial charge >= 0.3 is 6.03 Å². The molecule has 0 unspecified atom stereocenters. The van der Waals surface area contributed by atoms with Crippen molar-refractivity contribution in [1.29, 1.82) is 0 Å². The molecule has 0 bridgehead atoms. The van der Waals surface area contributed by atoms with E-state index < -0.39 is 0 Å². The third-order valence-electron chi connectivity index (χ3n) is 4.59. The lowest BCUT2D eigenvalue weighted by Gasteiger charge is -2.37. The lowest BCUT2D eigenvalue weighted by Crippen LogP contribution is -2.48. The van der Waals surface area contributed by atoms with E-state index in [0.29, 0.717) is 19.0 Å². The maximum absolute atomic E-state index is 12.5. The maximum atomic E-state index is 12.5. The topological polar surface area (TPSA) is 43.9 Å². The molecule has 0 N–H and O–H groups in total. The molecule has 0 aliphatic carbocycles. The number of amides is 3. The molecule has 0 radical (unpaired) electrons. The van der Waals surface area contributed by atoms with Crippen LogP contribution in [0.15, 0.2) is 0 Å². The SMILES string of the molecule is CC1CCN(C(=O)C2CCN(C(=O)N(C)C)CC2)CC1. The first-order chi connectivity index (χ1) is 9.49. The van der Waals surface area contributed by atoms with Crippen LogP contribution in [0.25, 0.3) is 0 Å². The van der Waals surface area contributed by atoms with E-state index in [2.05, 4.69) is 6.92 Å². The maximum Gasteiger partial charge on any atom is 0.319 e. The largest absolute Gasteiger partial charge is 0.342 e. The highest BCUT2D eigenvalue weighted by Gasteiger charge is 2.31. The second-order valence-corrected chi connectivity index (χ2v) is 6.45. The van der Waals surface area contributed by atoms with E-state index in [-0.39, 0.29) is 11.9 Å². The zero-order chi connectivity index (χ0) is 14.7. The van der Waals surface area contributed by atoms with Crippen LogP contribution in [-0.4, -0.2) is 66.9 Å². The second-order valence-electron chi connectivity index (χ2n) is 6.45. The van der Waals surface area contributed by atoms with Crippen molar-refractivity contribution in [2.75, 3.05) is 40.3 Å². The van der Waals surface area contributed by atoms with Crippen LogP contribution in [0.5, 0.6) is 0 Å². The van der Waals surface area contributed by atoms with E-state index in [9.17, 15) is 9.59 Å². The van der Waals surface area contributed by atoms with Crippen molar-refractivity contribution in [3.05, 3.63) is 0 Å². The first-order valence-corrected chi connectivity index (χ1v) is 7.74. The summed E-state index contributed by atoms with van der Waals surface area (Å²) in [5.74, 6) is 1.18. The van der Waals surface area contributed by atoms with Crippen LogP contribution in [0, 0.1) is 11.8 Å². The normalized spacial score (nSPS) is 21.9. The van der Waals surface area contributed by atoms with E-state index in [1.165, 1.54) is 0 Å². The molecule has 2 aliphatic heterocycles. The third kappa shape index (κ3) is 3.44. The summed E-state index contributed by atoms with van der Waals surface area (Å²) in [4.78, 5) is 29.8. The summed E-state index contributed by atoms with van der Waals surface area (Å²) < 4.78 is 0. The van der Waals surface area contributed by atoms with Crippen molar-refractivity contribution in [3.8, 4) is 0 Å². The van der Waals surface area contributed by atoms with Gasteiger partial charge in [0.2, 0.25) is 5.91 Å². The van der Waals surface area contributed by atoms with Gasteiger partial charge in [-0.15, -0.1) is 0 Å². The molecule has 2 saturated heterocycles. The Balaban J connectivity index is 1.81. The van der Waals surface area contributed by atoms with E-state index in [0.717, 1.165) is 44.7 Å².